The molecule has 0 bridgehead atoms. The highest BCUT2D eigenvalue weighted by Crippen LogP contribution is 2.25. The molecule has 3 rings (SSSR count). The molecule has 1 saturated heterocycles. The summed E-state index contributed by atoms with van der Waals surface area (Å²) in [5, 5.41) is 0. The predicted molar refractivity (Wildman–Crippen MR) is 96.4 cm³/mol. The van der Waals surface area contributed by atoms with E-state index in [9.17, 15) is 13.2 Å². The number of nitrogens with zero attached hydrogens (tertiary/aromatic N) is 1. The van der Waals surface area contributed by atoms with Gasteiger partial charge in [0.1, 0.15) is 6.04 Å². The lowest BCUT2D eigenvalue weighted by Crippen LogP contribution is -2.41. The molecule has 0 saturated carbocycles. The number of nitrogens with one attached hydrogen (secondary N) is 1. The third kappa shape index (κ3) is 3.38. The van der Waals surface area contributed by atoms with E-state index in [0.717, 1.165) is 11.3 Å². The lowest BCUT2D eigenvalue weighted by Gasteiger charge is -2.17. The highest BCUT2D eigenvalue weighted by molar-refractivity contribution is 9.10. The highest BCUT2D eigenvalue weighted by atomic mass is 79.9. The Balaban J connectivity index is 1.79. The number of sulfonamides is 1. The van der Waals surface area contributed by atoms with E-state index >= 15 is 0 Å². The largest absolute Gasteiger partial charge is 0.311 e. The molecular formula is C17H17BrN2O3S. The maximum absolute atomic E-state index is 12.6. The van der Waals surface area contributed by atoms with E-state index in [1.54, 1.807) is 23.1 Å². The summed E-state index contributed by atoms with van der Waals surface area (Å²) in [7, 11) is -3.76. The van der Waals surface area contributed by atoms with Gasteiger partial charge in [-0.2, -0.15) is 4.72 Å². The van der Waals surface area contributed by atoms with Crippen LogP contribution in [0, 0.1) is 6.92 Å². The molecule has 2 aromatic rings. The van der Waals surface area contributed by atoms with Crippen molar-refractivity contribution in [3.05, 3.63) is 58.6 Å². The SMILES string of the molecule is Cc1ccc(N2CC[C@H](NS(=O)(=O)c3ccccc3Br)C2=O)cc1. The number of hydrogen-bond acceptors (Lipinski definition) is 3. The molecule has 1 aliphatic rings. The smallest absolute Gasteiger partial charge is 0.245 e. The van der Waals surface area contributed by atoms with Gasteiger partial charge in [0.25, 0.3) is 0 Å². The molecule has 0 aliphatic carbocycles. The molecule has 1 heterocycles. The fraction of sp³-hybridized carbons (Fsp3) is 0.235. The number of hydrogen-bond donors (Lipinski definition) is 1. The first kappa shape index (κ1) is 17.1. The quantitative estimate of drug-likeness (QED) is 0.845. The van der Waals surface area contributed by atoms with Crippen molar-refractivity contribution in [2.75, 3.05) is 11.4 Å². The molecule has 126 valence electrons. The molecular weight excluding hydrogens is 392 g/mol. The molecule has 1 N–H and O–H groups in total. The number of benzene rings is 2. The van der Waals surface area contributed by atoms with Crippen molar-refractivity contribution >= 4 is 37.5 Å². The molecule has 2 aromatic carbocycles. The second-order valence-electron chi connectivity index (χ2n) is 5.72. The molecule has 0 radical (unpaired) electrons. The Morgan fingerprint density at radius 1 is 1.12 bits per heavy atom. The van der Waals surface area contributed by atoms with E-state index < -0.39 is 16.1 Å². The van der Waals surface area contributed by atoms with Crippen molar-refractivity contribution in [1.29, 1.82) is 0 Å². The van der Waals surface area contributed by atoms with Gasteiger partial charge in [-0.15, -0.1) is 0 Å². The Kier molecular flexibility index (Phi) is 4.76. The van der Waals surface area contributed by atoms with Gasteiger partial charge in [-0.05, 0) is 53.5 Å². The van der Waals surface area contributed by atoms with E-state index in [1.165, 1.54) is 6.07 Å². The van der Waals surface area contributed by atoms with Crippen LogP contribution in [0.25, 0.3) is 0 Å². The summed E-state index contributed by atoms with van der Waals surface area (Å²) in [6.07, 6.45) is 0.441. The van der Waals surface area contributed by atoms with Crippen LogP contribution in [0.1, 0.15) is 12.0 Å². The molecule has 5 nitrogen and oxygen atoms in total. The van der Waals surface area contributed by atoms with Crippen LogP contribution in [-0.4, -0.2) is 26.9 Å². The first-order valence-electron chi connectivity index (χ1n) is 7.53. The molecule has 0 unspecified atom stereocenters. The third-order valence-electron chi connectivity index (χ3n) is 3.97. The molecule has 0 spiro atoms. The van der Waals surface area contributed by atoms with Crippen LogP contribution in [0.3, 0.4) is 0 Å². The lowest BCUT2D eigenvalue weighted by atomic mass is 10.2. The topological polar surface area (TPSA) is 66.5 Å². The average Bonchev–Trinajstić information content (AvgIpc) is 2.89. The van der Waals surface area contributed by atoms with E-state index in [1.807, 2.05) is 31.2 Å². The van der Waals surface area contributed by atoms with Crippen LogP contribution in [0.2, 0.25) is 0 Å². The maximum Gasteiger partial charge on any atom is 0.245 e. The summed E-state index contributed by atoms with van der Waals surface area (Å²) in [6.45, 7) is 2.47. The minimum Gasteiger partial charge on any atom is -0.311 e. The summed E-state index contributed by atoms with van der Waals surface area (Å²) in [5.41, 5.74) is 1.89. The monoisotopic (exact) mass is 408 g/mol. The summed E-state index contributed by atoms with van der Waals surface area (Å²) >= 11 is 3.24. The number of aryl methyl sites for hydroxylation is 1. The standard InChI is InChI=1S/C17H17BrN2O3S/c1-12-6-8-13(9-7-12)20-11-10-15(17(20)21)19-24(22,23)16-5-3-2-4-14(16)18/h2-9,15,19H,10-11H2,1H3/t15-/m0/s1. The molecule has 24 heavy (non-hydrogen) atoms. The highest BCUT2D eigenvalue weighted by Gasteiger charge is 2.36. The van der Waals surface area contributed by atoms with Crippen molar-refractivity contribution < 1.29 is 13.2 Å². The Hall–Kier alpha value is -1.70. The van der Waals surface area contributed by atoms with E-state index in [4.69, 9.17) is 0 Å². The van der Waals surface area contributed by atoms with E-state index in [-0.39, 0.29) is 10.8 Å². The van der Waals surface area contributed by atoms with Crippen LogP contribution in [-0.2, 0) is 14.8 Å². The third-order valence-corrected chi connectivity index (χ3v) is 6.46. The zero-order valence-electron chi connectivity index (χ0n) is 13.1. The van der Waals surface area contributed by atoms with Crippen LogP contribution in [0.4, 0.5) is 5.69 Å². The Bertz CT molecular complexity index is 866. The zero-order valence-corrected chi connectivity index (χ0v) is 15.5. The Morgan fingerprint density at radius 3 is 2.46 bits per heavy atom. The fourth-order valence-electron chi connectivity index (χ4n) is 2.68. The summed E-state index contributed by atoms with van der Waals surface area (Å²) in [4.78, 5) is 14.3. The minimum absolute atomic E-state index is 0.131. The van der Waals surface area contributed by atoms with Gasteiger partial charge < -0.3 is 4.90 Å². The number of carbonyl (C=O) groups is 1. The van der Waals surface area contributed by atoms with Gasteiger partial charge in [0, 0.05) is 16.7 Å². The summed E-state index contributed by atoms with van der Waals surface area (Å²) < 4.78 is 28.1. The molecule has 1 fully saturated rings. The van der Waals surface area contributed by atoms with Crippen LogP contribution in [0.15, 0.2) is 57.9 Å². The number of anilines is 1. The summed E-state index contributed by atoms with van der Waals surface area (Å²) in [6, 6.07) is 13.4. The number of halogens is 1. The van der Waals surface area contributed by atoms with Crippen LogP contribution >= 0.6 is 15.9 Å². The van der Waals surface area contributed by atoms with Crippen molar-refractivity contribution in [2.24, 2.45) is 0 Å². The molecule has 0 aromatic heterocycles. The fourth-order valence-corrected chi connectivity index (χ4v) is 4.91. The van der Waals surface area contributed by atoms with Gasteiger partial charge in [-0.25, -0.2) is 8.42 Å². The Morgan fingerprint density at radius 2 is 1.79 bits per heavy atom. The van der Waals surface area contributed by atoms with E-state index in [0.29, 0.717) is 17.4 Å². The van der Waals surface area contributed by atoms with Crippen LogP contribution < -0.4 is 9.62 Å². The minimum atomic E-state index is -3.76. The molecule has 1 amide bonds. The van der Waals surface area contributed by atoms with Gasteiger partial charge >= 0.3 is 0 Å². The first-order chi connectivity index (χ1) is 11.4. The van der Waals surface area contributed by atoms with Gasteiger partial charge in [-0.1, -0.05) is 29.8 Å². The first-order valence-corrected chi connectivity index (χ1v) is 9.81. The van der Waals surface area contributed by atoms with Crippen molar-refractivity contribution in [2.45, 2.75) is 24.3 Å². The predicted octanol–water partition coefficient (Wildman–Crippen LogP) is 2.84. The van der Waals surface area contributed by atoms with E-state index in [2.05, 4.69) is 20.7 Å². The molecule has 1 aliphatic heterocycles. The second-order valence-corrected chi connectivity index (χ2v) is 8.26. The van der Waals surface area contributed by atoms with Gasteiger partial charge in [0.05, 0.1) is 4.90 Å². The Labute approximate surface area is 149 Å². The molecule has 1 atom stereocenters. The van der Waals surface area contributed by atoms with Gasteiger partial charge in [-0.3, -0.25) is 4.79 Å². The normalized spacial score (nSPS) is 18.2. The second kappa shape index (κ2) is 6.66. The van der Waals surface area contributed by atoms with Crippen molar-refractivity contribution in [1.82, 2.24) is 4.72 Å². The van der Waals surface area contributed by atoms with Crippen molar-refractivity contribution in [3.63, 3.8) is 0 Å². The van der Waals surface area contributed by atoms with Gasteiger partial charge in [0.2, 0.25) is 15.9 Å². The van der Waals surface area contributed by atoms with Crippen molar-refractivity contribution in [3.8, 4) is 0 Å². The maximum atomic E-state index is 12.6. The summed E-state index contributed by atoms with van der Waals surface area (Å²) in [5.74, 6) is -0.227. The molecule has 7 heteroatoms. The van der Waals surface area contributed by atoms with Crippen LogP contribution in [0.5, 0.6) is 0 Å². The number of rotatable bonds is 4. The number of amides is 1. The zero-order chi connectivity index (χ0) is 17.3. The lowest BCUT2D eigenvalue weighted by molar-refractivity contribution is -0.118. The average molecular weight is 409 g/mol. The number of carbonyl (C=O) groups excluding carboxylic acids is 1. The van der Waals surface area contributed by atoms with Gasteiger partial charge in [0.15, 0.2) is 0 Å².